The summed E-state index contributed by atoms with van der Waals surface area (Å²) in [4.78, 5) is 11.3. The zero-order valence-corrected chi connectivity index (χ0v) is 8.25. The molecule has 4 nitrogen and oxygen atoms in total. The van der Waals surface area contributed by atoms with Gasteiger partial charge >= 0.3 is 5.97 Å². The van der Waals surface area contributed by atoms with Crippen molar-refractivity contribution >= 4 is 23.4 Å². The highest BCUT2D eigenvalue weighted by Crippen LogP contribution is 2.25. The largest absolute Gasteiger partial charge is 0.478 e. The lowest BCUT2D eigenvalue weighted by atomic mass is 10.2. The molecule has 0 aliphatic rings. The van der Waals surface area contributed by atoms with Crippen LogP contribution in [0.1, 0.15) is 10.4 Å². The Labute approximate surface area is 85.7 Å². The van der Waals surface area contributed by atoms with E-state index in [1.54, 1.807) is 6.07 Å². The van der Waals surface area contributed by atoms with Crippen LogP contribution in [0, 0.1) is 0 Å². The summed E-state index contributed by atoms with van der Waals surface area (Å²) in [5.74, 6) is -0.469. The van der Waals surface area contributed by atoms with Crippen LogP contribution in [0.5, 0.6) is 0 Å². The molecule has 4 N–H and O–H groups in total. The Morgan fingerprint density at radius 1 is 1.50 bits per heavy atom. The molecule has 76 valence electrons. The monoisotopic (exact) mass is 213 g/mol. The maximum absolute atomic E-state index is 10.6. The molecule has 5 heteroatoms. The molecule has 0 radical (unpaired) electrons. The number of nitrogen functional groups attached to an aromatic ring is 1. The fraction of sp³-hybridized carbons (Fsp3) is 0.222. The second-order valence-corrected chi connectivity index (χ2v) is 3.77. The summed E-state index contributed by atoms with van der Waals surface area (Å²) < 4.78 is 0. The van der Waals surface area contributed by atoms with E-state index in [1.165, 1.54) is 23.9 Å². The average molecular weight is 213 g/mol. The van der Waals surface area contributed by atoms with Gasteiger partial charge in [-0.05, 0) is 18.2 Å². The molecular formula is C9H11NO3S. The van der Waals surface area contributed by atoms with E-state index in [0.29, 0.717) is 16.3 Å². The predicted octanol–water partition coefficient (Wildman–Crippen LogP) is 1.05. The van der Waals surface area contributed by atoms with E-state index in [9.17, 15) is 4.79 Å². The van der Waals surface area contributed by atoms with Gasteiger partial charge in [-0.25, -0.2) is 4.79 Å². The van der Waals surface area contributed by atoms with Gasteiger partial charge in [-0.1, -0.05) is 0 Å². The van der Waals surface area contributed by atoms with Gasteiger partial charge < -0.3 is 15.9 Å². The van der Waals surface area contributed by atoms with E-state index in [1.807, 2.05) is 0 Å². The van der Waals surface area contributed by atoms with Crippen LogP contribution in [0.3, 0.4) is 0 Å². The number of rotatable bonds is 4. The van der Waals surface area contributed by atoms with E-state index in [-0.39, 0.29) is 12.2 Å². The molecule has 0 spiro atoms. The molecule has 0 aromatic heterocycles. The third-order valence-electron chi connectivity index (χ3n) is 1.61. The van der Waals surface area contributed by atoms with E-state index in [4.69, 9.17) is 15.9 Å². The molecule has 0 heterocycles. The molecule has 0 unspecified atom stereocenters. The highest BCUT2D eigenvalue weighted by Gasteiger charge is 2.06. The van der Waals surface area contributed by atoms with Crippen molar-refractivity contribution in [2.75, 3.05) is 18.1 Å². The summed E-state index contributed by atoms with van der Waals surface area (Å²) in [7, 11) is 0. The molecule has 0 aliphatic carbocycles. The Bertz CT molecular complexity index is 341. The molecule has 1 aromatic rings. The molecule has 0 fully saturated rings. The number of carboxylic acids is 1. The standard InChI is InChI=1S/C9H11NO3S/c10-7-2-1-6(9(12)13)5-8(7)14-4-3-11/h1-2,5,11H,3-4,10H2,(H,12,13). The van der Waals surface area contributed by atoms with Gasteiger partial charge in [0.05, 0.1) is 12.2 Å². The topological polar surface area (TPSA) is 83.6 Å². The minimum absolute atomic E-state index is 0.0431. The number of aliphatic hydroxyl groups excluding tert-OH is 1. The molecule has 0 aliphatic heterocycles. The molecule has 0 amide bonds. The smallest absolute Gasteiger partial charge is 0.335 e. The van der Waals surface area contributed by atoms with Crippen LogP contribution in [0.15, 0.2) is 23.1 Å². The van der Waals surface area contributed by atoms with Crippen molar-refractivity contribution in [2.24, 2.45) is 0 Å². The van der Waals surface area contributed by atoms with E-state index >= 15 is 0 Å². The lowest BCUT2D eigenvalue weighted by Gasteiger charge is -2.04. The van der Waals surface area contributed by atoms with Crippen LogP contribution >= 0.6 is 11.8 Å². The highest BCUT2D eigenvalue weighted by molar-refractivity contribution is 7.99. The minimum atomic E-state index is -0.976. The Balaban J connectivity index is 2.90. The van der Waals surface area contributed by atoms with Gasteiger partial charge in [0.1, 0.15) is 0 Å². The minimum Gasteiger partial charge on any atom is -0.478 e. The summed E-state index contributed by atoms with van der Waals surface area (Å²) in [5, 5.41) is 17.3. The van der Waals surface area contributed by atoms with Gasteiger partial charge in [-0.3, -0.25) is 0 Å². The third kappa shape index (κ3) is 2.65. The Morgan fingerprint density at radius 2 is 2.21 bits per heavy atom. The quantitative estimate of drug-likeness (QED) is 0.514. The maximum atomic E-state index is 10.6. The fourth-order valence-electron chi connectivity index (χ4n) is 0.948. The van der Waals surface area contributed by atoms with Crippen molar-refractivity contribution in [1.29, 1.82) is 0 Å². The molecule has 0 saturated heterocycles. The molecular weight excluding hydrogens is 202 g/mol. The number of aliphatic hydroxyl groups is 1. The van der Waals surface area contributed by atoms with Gasteiger partial charge in [0, 0.05) is 16.3 Å². The highest BCUT2D eigenvalue weighted by atomic mass is 32.2. The summed E-state index contributed by atoms with van der Waals surface area (Å²) in [6.07, 6.45) is 0. The second kappa shape index (κ2) is 4.88. The number of thioether (sulfide) groups is 1. The lowest BCUT2D eigenvalue weighted by molar-refractivity contribution is 0.0696. The normalized spacial score (nSPS) is 10.1. The van der Waals surface area contributed by atoms with Crippen LogP contribution in [0.2, 0.25) is 0 Å². The lowest BCUT2D eigenvalue weighted by Crippen LogP contribution is -1.99. The zero-order chi connectivity index (χ0) is 10.6. The van der Waals surface area contributed by atoms with Gasteiger partial charge in [0.25, 0.3) is 0 Å². The first-order chi connectivity index (χ1) is 6.65. The molecule has 1 aromatic carbocycles. The average Bonchev–Trinajstić information content (AvgIpc) is 2.16. The first kappa shape index (κ1) is 10.9. The fourth-order valence-corrected chi connectivity index (χ4v) is 1.70. The Kier molecular flexibility index (Phi) is 3.79. The number of nitrogens with two attached hydrogens (primary N) is 1. The SMILES string of the molecule is Nc1ccc(C(=O)O)cc1SCCO. The summed E-state index contributed by atoms with van der Waals surface area (Å²) in [5.41, 5.74) is 6.38. The van der Waals surface area contributed by atoms with Crippen molar-refractivity contribution in [3.8, 4) is 0 Å². The zero-order valence-electron chi connectivity index (χ0n) is 7.43. The van der Waals surface area contributed by atoms with E-state index < -0.39 is 5.97 Å². The van der Waals surface area contributed by atoms with Crippen molar-refractivity contribution in [2.45, 2.75) is 4.90 Å². The van der Waals surface area contributed by atoms with Crippen LogP contribution < -0.4 is 5.73 Å². The summed E-state index contributed by atoms with van der Waals surface area (Å²) >= 11 is 1.34. The van der Waals surface area contributed by atoms with Gasteiger partial charge in [0.2, 0.25) is 0 Å². The summed E-state index contributed by atoms with van der Waals surface area (Å²) in [6.45, 7) is 0.0431. The van der Waals surface area contributed by atoms with Crippen LogP contribution in [-0.4, -0.2) is 28.5 Å². The number of anilines is 1. The van der Waals surface area contributed by atoms with Crippen LogP contribution in [0.25, 0.3) is 0 Å². The van der Waals surface area contributed by atoms with E-state index in [0.717, 1.165) is 0 Å². The molecule has 1 rings (SSSR count). The molecule has 0 saturated carbocycles. The second-order valence-electron chi connectivity index (χ2n) is 2.63. The molecule has 14 heavy (non-hydrogen) atoms. The first-order valence-electron chi connectivity index (χ1n) is 4.01. The van der Waals surface area contributed by atoms with Gasteiger partial charge in [-0.15, -0.1) is 11.8 Å². The van der Waals surface area contributed by atoms with Crippen molar-refractivity contribution in [3.05, 3.63) is 23.8 Å². The van der Waals surface area contributed by atoms with E-state index in [2.05, 4.69) is 0 Å². The van der Waals surface area contributed by atoms with Crippen LogP contribution in [0.4, 0.5) is 5.69 Å². The predicted molar refractivity (Wildman–Crippen MR) is 55.6 cm³/mol. The van der Waals surface area contributed by atoms with Crippen molar-refractivity contribution in [3.63, 3.8) is 0 Å². The Morgan fingerprint density at radius 3 is 2.79 bits per heavy atom. The third-order valence-corrected chi connectivity index (χ3v) is 2.66. The Hall–Kier alpha value is -1.20. The van der Waals surface area contributed by atoms with Gasteiger partial charge in [-0.2, -0.15) is 0 Å². The number of carbonyl (C=O) groups is 1. The number of carboxylic acid groups (broad SMARTS) is 1. The number of hydrogen-bond donors (Lipinski definition) is 3. The number of aromatic carboxylic acids is 1. The van der Waals surface area contributed by atoms with Crippen molar-refractivity contribution < 1.29 is 15.0 Å². The summed E-state index contributed by atoms with van der Waals surface area (Å²) in [6, 6.07) is 4.53. The molecule has 0 atom stereocenters. The van der Waals surface area contributed by atoms with Crippen molar-refractivity contribution in [1.82, 2.24) is 0 Å². The first-order valence-corrected chi connectivity index (χ1v) is 5.00. The molecule has 0 bridgehead atoms. The van der Waals surface area contributed by atoms with Gasteiger partial charge in [0.15, 0.2) is 0 Å². The number of hydrogen-bond acceptors (Lipinski definition) is 4. The maximum Gasteiger partial charge on any atom is 0.335 e. The van der Waals surface area contributed by atoms with Crippen LogP contribution in [-0.2, 0) is 0 Å². The number of benzene rings is 1.